The molecule has 30 heavy (non-hydrogen) atoms. The Morgan fingerprint density at radius 1 is 1.03 bits per heavy atom. The Labute approximate surface area is 177 Å². The average molecular weight is 418 g/mol. The first kappa shape index (κ1) is 22.3. The molecule has 2 saturated heterocycles. The van der Waals surface area contributed by atoms with Gasteiger partial charge in [-0.1, -0.05) is 13.5 Å². The molecule has 1 aromatic rings. The summed E-state index contributed by atoms with van der Waals surface area (Å²) in [5.74, 6) is 0.276. The number of benzene rings is 1. The summed E-state index contributed by atoms with van der Waals surface area (Å²) >= 11 is 0. The van der Waals surface area contributed by atoms with Crippen LogP contribution in [0, 0.1) is 5.92 Å². The fourth-order valence-corrected chi connectivity index (χ4v) is 3.63. The van der Waals surface area contributed by atoms with Crippen LogP contribution in [0.15, 0.2) is 36.9 Å². The third-order valence-corrected chi connectivity index (χ3v) is 5.32. The number of fused-ring (bicyclic) bond motifs is 1. The Morgan fingerprint density at radius 3 is 2.47 bits per heavy atom. The van der Waals surface area contributed by atoms with Crippen LogP contribution in [-0.4, -0.2) is 56.7 Å². The Bertz CT molecular complexity index is 715. The lowest BCUT2D eigenvalue weighted by atomic mass is 10.0. The van der Waals surface area contributed by atoms with Crippen molar-refractivity contribution in [2.45, 2.75) is 50.9 Å². The molecule has 7 heteroatoms. The van der Waals surface area contributed by atoms with Gasteiger partial charge in [0.2, 0.25) is 0 Å². The predicted molar refractivity (Wildman–Crippen MR) is 109 cm³/mol. The van der Waals surface area contributed by atoms with E-state index in [9.17, 15) is 9.59 Å². The van der Waals surface area contributed by atoms with Crippen molar-refractivity contribution in [2.24, 2.45) is 5.92 Å². The van der Waals surface area contributed by atoms with Crippen LogP contribution in [0.3, 0.4) is 0 Å². The van der Waals surface area contributed by atoms with E-state index in [1.54, 1.807) is 24.3 Å². The summed E-state index contributed by atoms with van der Waals surface area (Å²) in [6.45, 7) is 7.46. The molecule has 2 heterocycles. The molecule has 1 aromatic carbocycles. The fourth-order valence-electron chi connectivity index (χ4n) is 3.63. The van der Waals surface area contributed by atoms with Crippen LogP contribution in [0.5, 0.6) is 5.75 Å². The highest BCUT2D eigenvalue weighted by atomic mass is 16.6. The van der Waals surface area contributed by atoms with Crippen molar-refractivity contribution in [3.8, 4) is 5.75 Å². The van der Waals surface area contributed by atoms with Crippen molar-refractivity contribution >= 4 is 11.9 Å². The summed E-state index contributed by atoms with van der Waals surface area (Å²) in [5, 5.41) is 0. The summed E-state index contributed by atoms with van der Waals surface area (Å²) in [4.78, 5) is 23.3. The van der Waals surface area contributed by atoms with E-state index in [4.69, 9.17) is 23.7 Å². The van der Waals surface area contributed by atoms with Gasteiger partial charge in [0.05, 0.1) is 38.1 Å². The monoisotopic (exact) mass is 418 g/mol. The zero-order valence-electron chi connectivity index (χ0n) is 17.4. The van der Waals surface area contributed by atoms with E-state index < -0.39 is 0 Å². The first-order valence-corrected chi connectivity index (χ1v) is 10.5. The van der Waals surface area contributed by atoms with Crippen LogP contribution < -0.4 is 4.74 Å². The van der Waals surface area contributed by atoms with Crippen LogP contribution >= 0.6 is 0 Å². The van der Waals surface area contributed by atoms with E-state index in [2.05, 4.69) is 13.5 Å². The zero-order chi connectivity index (χ0) is 21.3. The lowest BCUT2D eigenvalue weighted by Gasteiger charge is -2.17. The predicted octanol–water partition coefficient (Wildman–Crippen LogP) is 3.31. The van der Waals surface area contributed by atoms with Crippen molar-refractivity contribution in [3.63, 3.8) is 0 Å². The van der Waals surface area contributed by atoms with Gasteiger partial charge in [-0.25, -0.2) is 9.59 Å². The Kier molecular flexibility index (Phi) is 8.28. The van der Waals surface area contributed by atoms with Crippen molar-refractivity contribution in [1.29, 1.82) is 0 Å². The lowest BCUT2D eigenvalue weighted by molar-refractivity contribution is -0.137. The van der Waals surface area contributed by atoms with E-state index in [1.165, 1.54) is 6.08 Å². The van der Waals surface area contributed by atoms with Crippen LogP contribution in [-0.2, 0) is 23.7 Å². The van der Waals surface area contributed by atoms with Gasteiger partial charge in [-0.15, -0.1) is 0 Å². The van der Waals surface area contributed by atoms with Gasteiger partial charge in [0, 0.05) is 12.0 Å². The van der Waals surface area contributed by atoms with Crippen molar-refractivity contribution in [3.05, 3.63) is 42.5 Å². The maximum absolute atomic E-state index is 12.4. The minimum absolute atomic E-state index is 0.0146. The van der Waals surface area contributed by atoms with Crippen LogP contribution in [0.4, 0.5) is 0 Å². The molecule has 4 atom stereocenters. The normalized spacial score (nSPS) is 24.8. The first-order chi connectivity index (χ1) is 14.6. The largest absolute Gasteiger partial charge is 0.494 e. The number of unbranched alkanes of at least 4 members (excludes halogenated alkanes) is 3. The minimum atomic E-state index is -0.382. The molecule has 0 aromatic heterocycles. The number of hydrogen-bond donors (Lipinski definition) is 0. The topological polar surface area (TPSA) is 80.3 Å². The molecule has 2 unspecified atom stereocenters. The van der Waals surface area contributed by atoms with Gasteiger partial charge < -0.3 is 23.7 Å². The van der Waals surface area contributed by atoms with Gasteiger partial charge in [-0.3, -0.25) is 0 Å². The lowest BCUT2D eigenvalue weighted by Crippen LogP contribution is -2.32. The molecule has 0 saturated carbocycles. The minimum Gasteiger partial charge on any atom is -0.494 e. The molecule has 0 bridgehead atoms. The number of rotatable bonds is 11. The SMILES string of the molecule is C=CC(=O)OCCCCCCOc1ccc(C(=O)O[C@H]2COC3C2OC[C@H]3C)cc1. The van der Waals surface area contributed by atoms with Crippen LogP contribution in [0.25, 0.3) is 0 Å². The number of esters is 2. The van der Waals surface area contributed by atoms with Gasteiger partial charge in [0.1, 0.15) is 11.9 Å². The molecule has 0 spiro atoms. The molecule has 7 nitrogen and oxygen atoms in total. The molecule has 0 amide bonds. The maximum atomic E-state index is 12.4. The summed E-state index contributed by atoms with van der Waals surface area (Å²) in [6, 6.07) is 6.95. The number of carbonyl (C=O) groups is 2. The second kappa shape index (κ2) is 11.1. The Hall–Kier alpha value is -2.38. The van der Waals surface area contributed by atoms with E-state index >= 15 is 0 Å². The molecule has 2 aliphatic rings. The molecule has 3 rings (SSSR count). The first-order valence-electron chi connectivity index (χ1n) is 10.5. The highest BCUT2D eigenvalue weighted by Gasteiger charge is 2.47. The van der Waals surface area contributed by atoms with Gasteiger partial charge in [-0.2, -0.15) is 0 Å². The number of ether oxygens (including phenoxy) is 5. The van der Waals surface area contributed by atoms with E-state index in [0.29, 0.717) is 43.7 Å². The summed E-state index contributed by atoms with van der Waals surface area (Å²) in [5.41, 5.74) is 0.478. The smallest absolute Gasteiger partial charge is 0.338 e. The van der Waals surface area contributed by atoms with Gasteiger partial charge in [0.15, 0.2) is 6.10 Å². The van der Waals surface area contributed by atoms with E-state index in [0.717, 1.165) is 25.7 Å². The van der Waals surface area contributed by atoms with E-state index in [1.807, 2.05) is 0 Å². The Balaban J connectivity index is 1.31. The number of hydrogen-bond acceptors (Lipinski definition) is 7. The molecule has 0 aliphatic carbocycles. The van der Waals surface area contributed by atoms with Gasteiger partial charge >= 0.3 is 11.9 Å². The highest BCUT2D eigenvalue weighted by Crippen LogP contribution is 2.32. The quantitative estimate of drug-likeness (QED) is 0.310. The fraction of sp³-hybridized carbons (Fsp3) is 0.565. The second-order valence-electron chi connectivity index (χ2n) is 7.68. The average Bonchev–Trinajstić information content (AvgIpc) is 3.33. The van der Waals surface area contributed by atoms with Gasteiger partial charge in [0.25, 0.3) is 0 Å². The molecule has 0 N–H and O–H groups in total. The summed E-state index contributed by atoms with van der Waals surface area (Å²) in [7, 11) is 0. The zero-order valence-corrected chi connectivity index (χ0v) is 17.4. The van der Waals surface area contributed by atoms with Crippen LogP contribution in [0.1, 0.15) is 43.0 Å². The third-order valence-electron chi connectivity index (χ3n) is 5.32. The van der Waals surface area contributed by atoms with Gasteiger partial charge in [-0.05, 0) is 49.9 Å². The standard InChI is InChI=1S/C23H30O7/c1-3-20(24)27-13-7-5-4-6-12-26-18-10-8-17(9-11-18)23(25)30-19-15-29-21-16(2)14-28-22(19)21/h3,8-11,16,19,21-22H,1,4-7,12-15H2,2H3/t16-,19+,21?,22?/m1/s1. The maximum Gasteiger partial charge on any atom is 0.338 e. The molecule has 2 fully saturated rings. The second-order valence-corrected chi connectivity index (χ2v) is 7.68. The molecule has 164 valence electrons. The molecule has 2 aliphatic heterocycles. The van der Waals surface area contributed by atoms with Crippen molar-refractivity contribution < 1.29 is 33.3 Å². The molecular formula is C23H30O7. The van der Waals surface area contributed by atoms with E-state index in [-0.39, 0.29) is 30.3 Å². The summed E-state index contributed by atoms with van der Waals surface area (Å²) < 4.78 is 27.7. The molecule has 0 radical (unpaired) electrons. The van der Waals surface area contributed by atoms with Crippen molar-refractivity contribution in [2.75, 3.05) is 26.4 Å². The Morgan fingerprint density at radius 2 is 1.73 bits per heavy atom. The number of carbonyl (C=O) groups excluding carboxylic acids is 2. The van der Waals surface area contributed by atoms with Crippen molar-refractivity contribution in [1.82, 2.24) is 0 Å². The summed E-state index contributed by atoms with van der Waals surface area (Å²) in [6.07, 6.45) is 4.35. The molecular weight excluding hydrogens is 388 g/mol. The van der Waals surface area contributed by atoms with Crippen LogP contribution in [0.2, 0.25) is 0 Å². The third kappa shape index (κ3) is 6.06. The highest BCUT2D eigenvalue weighted by molar-refractivity contribution is 5.89.